The Bertz CT molecular complexity index is 325. The Morgan fingerprint density at radius 3 is 2.60 bits per heavy atom. The average molecular weight is 282 g/mol. The van der Waals surface area contributed by atoms with Gasteiger partial charge in [-0.25, -0.2) is 4.79 Å². The van der Waals surface area contributed by atoms with E-state index in [1.54, 1.807) is 11.0 Å². The zero-order chi connectivity index (χ0) is 14.8. The van der Waals surface area contributed by atoms with Crippen molar-refractivity contribution >= 4 is 12.0 Å². The number of hydrogen-bond acceptors (Lipinski definition) is 2. The third-order valence-corrected chi connectivity index (χ3v) is 3.68. The van der Waals surface area contributed by atoms with Gasteiger partial charge in [0, 0.05) is 26.1 Å². The Morgan fingerprint density at radius 2 is 2.00 bits per heavy atom. The maximum atomic E-state index is 12.1. The zero-order valence-electron chi connectivity index (χ0n) is 12.1. The van der Waals surface area contributed by atoms with E-state index >= 15 is 0 Å². The van der Waals surface area contributed by atoms with Gasteiger partial charge in [-0.3, -0.25) is 4.79 Å². The van der Waals surface area contributed by atoms with Gasteiger partial charge in [-0.15, -0.1) is 6.58 Å². The first-order valence-electron chi connectivity index (χ1n) is 7.49. The molecule has 20 heavy (non-hydrogen) atoms. The van der Waals surface area contributed by atoms with Gasteiger partial charge in [-0.2, -0.15) is 0 Å². The Labute approximate surface area is 121 Å². The Balaban J connectivity index is 2.32. The van der Waals surface area contributed by atoms with E-state index in [1.807, 2.05) is 0 Å². The van der Waals surface area contributed by atoms with Crippen LogP contribution in [0.25, 0.3) is 0 Å². The second-order valence-corrected chi connectivity index (χ2v) is 5.43. The third kappa shape index (κ3) is 6.59. The largest absolute Gasteiger partial charge is 0.481 e. The predicted molar refractivity (Wildman–Crippen MR) is 78.6 cm³/mol. The number of aliphatic carboxylic acids is 1. The Hall–Kier alpha value is -1.52. The molecule has 0 aliphatic heterocycles. The van der Waals surface area contributed by atoms with Gasteiger partial charge in [0.1, 0.15) is 0 Å². The van der Waals surface area contributed by atoms with Crippen molar-refractivity contribution in [3.05, 3.63) is 12.7 Å². The molecule has 0 atom stereocenters. The van der Waals surface area contributed by atoms with Crippen molar-refractivity contribution in [3.8, 4) is 0 Å². The predicted octanol–water partition coefficient (Wildman–Crippen LogP) is 2.63. The molecular formula is C15H26N2O3. The van der Waals surface area contributed by atoms with E-state index in [2.05, 4.69) is 11.9 Å². The van der Waals surface area contributed by atoms with Crippen LogP contribution in [0.3, 0.4) is 0 Å². The summed E-state index contributed by atoms with van der Waals surface area (Å²) in [6.45, 7) is 5.42. The highest BCUT2D eigenvalue weighted by atomic mass is 16.4. The average Bonchev–Trinajstić information content (AvgIpc) is 2.44. The first-order valence-corrected chi connectivity index (χ1v) is 7.49. The van der Waals surface area contributed by atoms with Crippen LogP contribution in [0.2, 0.25) is 0 Å². The highest BCUT2D eigenvalue weighted by Gasteiger charge is 2.19. The van der Waals surface area contributed by atoms with Crippen LogP contribution < -0.4 is 5.32 Å². The summed E-state index contributed by atoms with van der Waals surface area (Å²) in [5.41, 5.74) is 0. The Kier molecular flexibility index (Phi) is 7.77. The molecule has 0 radical (unpaired) electrons. The van der Waals surface area contributed by atoms with Gasteiger partial charge in [-0.1, -0.05) is 25.3 Å². The molecular weight excluding hydrogens is 256 g/mol. The van der Waals surface area contributed by atoms with Gasteiger partial charge in [0.05, 0.1) is 0 Å². The molecule has 0 aromatic carbocycles. The van der Waals surface area contributed by atoms with Crippen molar-refractivity contribution in [1.29, 1.82) is 0 Å². The summed E-state index contributed by atoms with van der Waals surface area (Å²) < 4.78 is 0. The monoisotopic (exact) mass is 282 g/mol. The lowest BCUT2D eigenvalue weighted by Gasteiger charge is -2.29. The van der Waals surface area contributed by atoms with E-state index < -0.39 is 5.97 Å². The SMILES string of the molecule is C=CCN(CC1CCCCC1)C(=O)NCCCC(=O)O. The topological polar surface area (TPSA) is 69.6 Å². The standard InChI is InChI=1S/C15H26N2O3/c1-2-11-17(12-13-7-4-3-5-8-13)15(20)16-10-6-9-14(18)19/h2,13H,1,3-12H2,(H,16,20)(H,18,19). The summed E-state index contributed by atoms with van der Waals surface area (Å²) >= 11 is 0. The van der Waals surface area contributed by atoms with Crippen LogP contribution in [0.1, 0.15) is 44.9 Å². The summed E-state index contributed by atoms with van der Waals surface area (Å²) in [7, 11) is 0. The van der Waals surface area contributed by atoms with Crippen LogP contribution in [-0.2, 0) is 4.79 Å². The number of carboxylic acid groups (broad SMARTS) is 1. The third-order valence-electron chi connectivity index (χ3n) is 3.68. The molecule has 0 aromatic heterocycles. The minimum Gasteiger partial charge on any atom is -0.481 e. The molecule has 1 rings (SSSR count). The fraction of sp³-hybridized carbons (Fsp3) is 0.733. The number of nitrogens with one attached hydrogen (secondary N) is 1. The molecule has 0 saturated heterocycles. The summed E-state index contributed by atoms with van der Waals surface area (Å²) in [6, 6.07) is -0.110. The zero-order valence-corrected chi connectivity index (χ0v) is 12.1. The fourth-order valence-corrected chi connectivity index (χ4v) is 2.62. The fourth-order valence-electron chi connectivity index (χ4n) is 2.62. The van der Waals surface area contributed by atoms with Gasteiger partial charge in [-0.05, 0) is 25.2 Å². The van der Waals surface area contributed by atoms with Crippen LogP contribution in [0.4, 0.5) is 4.79 Å². The van der Waals surface area contributed by atoms with E-state index in [9.17, 15) is 9.59 Å². The van der Waals surface area contributed by atoms with Crippen molar-refractivity contribution in [2.45, 2.75) is 44.9 Å². The van der Waals surface area contributed by atoms with E-state index in [0.29, 0.717) is 25.4 Å². The van der Waals surface area contributed by atoms with Crippen LogP contribution >= 0.6 is 0 Å². The molecule has 0 heterocycles. The van der Waals surface area contributed by atoms with Crippen molar-refractivity contribution in [1.82, 2.24) is 10.2 Å². The molecule has 1 saturated carbocycles. The first kappa shape index (κ1) is 16.5. The Morgan fingerprint density at radius 1 is 1.30 bits per heavy atom. The molecule has 2 amide bonds. The van der Waals surface area contributed by atoms with Crippen LogP contribution in [0.15, 0.2) is 12.7 Å². The molecule has 2 N–H and O–H groups in total. The number of amides is 2. The highest BCUT2D eigenvalue weighted by molar-refractivity contribution is 5.74. The molecule has 1 fully saturated rings. The van der Waals surface area contributed by atoms with Gasteiger partial charge in [0.2, 0.25) is 0 Å². The number of urea groups is 1. The number of rotatable bonds is 8. The lowest BCUT2D eigenvalue weighted by atomic mass is 9.89. The molecule has 0 spiro atoms. The summed E-state index contributed by atoms with van der Waals surface area (Å²) in [5.74, 6) is -0.238. The molecule has 0 aromatic rings. The number of carbonyl (C=O) groups excluding carboxylic acids is 1. The maximum absolute atomic E-state index is 12.1. The van der Waals surface area contributed by atoms with E-state index in [0.717, 1.165) is 6.54 Å². The summed E-state index contributed by atoms with van der Waals surface area (Å²) in [4.78, 5) is 24.3. The lowest BCUT2D eigenvalue weighted by Crippen LogP contribution is -2.43. The van der Waals surface area contributed by atoms with Gasteiger partial charge < -0.3 is 15.3 Å². The number of carbonyl (C=O) groups is 2. The molecule has 5 nitrogen and oxygen atoms in total. The summed E-state index contributed by atoms with van der Waals surface area (Å²) in [5, 5.41) is 11.3. The lowest BCUT2D eigenvalue weighted by molar-refractivity contribution is -0.137. The van der Waals surface area contributed by atoms with Gasteiger partial charge in [0.25, 0.3) is 0 Å². The minimum atomic E-state index is -0.829. The second-order valence-electron chi connectivity index (χ2n) is 5.43. The summed E-state index contributed by atoms with van der Waals surface area (Å²) in [6.07, 6.45) is 8.50. The molecule has 5 heteroatoms. The van der Waals surface area contributed by atoms with Crippen LogP contribution in [-0.4, -0.2) is 41.6 Å². The second kappa shape index (κ2) is 9.39. The number of nitrogens with zero attached hydrogens (tertiary/aromatic N) is 1. The molecule has 1 aliphatic carbocycles. The molecule has 0 bridgehead atoms. The maximum Gasteiger partial charge on any atom is 0.317 e. The van der Waals surface area contributed by atoms with Crippen molar-refractivity contribution in [2.75, 3.05) is 19.6 Å². The van der Waals surface area contributed by atoms with Crippen molar-refractivity contribution < 1.29 is 14.7 Å². The highest BCUT2D eigenvalue weighted by Crippen LogP contribution is 2.24. The van der Waals surface area contributed by atoms with Crippen LogP contribution in [0.5, 0.6) is 0 Å². The molecule has 114 valence electrons. The van der Waals surface area contributed by atoms with Gasteiger partial charge >= 0.3 is 12.0 Å². The van der Waals surface area contributed by atoms with E-state index in [1.165, 1.54) is 32.1 Å². The normalized spacial score (nSPS) is 15.6. The number of carboxylic acids is 1. The first-order chi connectivity index (χ1) is 9.63. The van der Waals surface area contributed by atoms with Crippen molar-refractivity contribution in [2.24, 2.45) is 5.92 Å². The smallest absolute Gasteiger partial charge is 0.317 e. The van der Waals surface area contributed by atoms with Crippen LogP contribution in [0, 0.1) is 5.92 Å². The van der Waals surface area contributed by atoms with E-state index in [-0.39, 0.29) is 12.5 Å². The van der Waals surface area contributed by atoms with Crippen molar-refractivity contribution in [3.63, 3.8) is 0 Å². The molecule has 1 aliphatic rings. The van der Waals surface area contributed by atoms with Gasteiger partial charge in [0.15, 0.2) is 0 Å². The van der Waals surface area contributed by atoms with E-state index in [4.69, 9.17) is 5.11 Å². The molecule has 0 unspecified atom stereocenters. The minimum absolute atomic E-state index is 0.0877. The quantitative estimate of drug-likeness (QED) is 0.531. The number of hydrogen-bond donors (Lipinski definition) is 2.